The van der Waals surface area contributed by atoms with Crippen LogP contribution in [-0.2, 0) is 0 Å². The molecule has 2 aromatic rings. The first-order chi connectivity index (χ1) is 11.7. The number of ether oxygens (including phenoxy) is 2. The van der Waals surface area contributed by atoms with E-state index in [4.69, 9.17) is 14.0 Å². The summed E-state index contributed by atoms with van der Waals surface area (Å²) in [5, 5.41) is 3.91. The third kappa shape index (κ3) is 2.91. The van der Waals surface area contributed by atoms with E-state index in [0.29, 0.717) is 36.5 Å². The number of nitrogens with zero attached hydrogens (tertiary/aromatic N) is 4. The number of hydrogen-bond donors (Lipinski definition) is 0. The molecule has 1 aliphatic heterocycles. The average molecular weight is 330 g/mol. The van der Waals surface area contributed by atoms with Crippen LogP contribution in [0.5, 0.6) is 11.8 Å². The number of likely N-dealkylation sites (tertiary alicyclic amines) is 1. The fourth-order valence-corrected chi connectivity index (χ4v) is 2.81. The maximum absolute atomic E-state index is 12.5. The zero-order chi connectivity index (χ0) is 16.5. The summed E-state index contributed by atoms with van der Waals surface area (Å²) in [5.41, 5.74) is 0.370. The van der Waals surface area contributed by atoms with Crippen LogP contribution in [0.15, 0.2) is 23.0 Å². The van der Waals surface area contributed by atoms with Crippen molar-refractivity contribution < 1.29 is 18.8 Å². The number of carbonyl (C=O) groups is 1. The number of aromatic nitrogens is 3. The Labute approximate surface area is 138 Å². The van der Waals surface area contributed by atoms with Crippen LogP contribution in [-0.4, -0.2) is 52.2 Å². The molecular formula is C16H18N4O4. The zero-order valence-corrected chi connectivity index (χ0v) is 13.3. The summed E-state index contributed by atoms with van der Waals surface area (Å²) in [6, 6.07) is 1.76. The molecule has 2 aliphatic rings. The minimum Gasteiger partial charge on any atom is -0.477 e. The first kappa shape index (κ1) is 14.9. The van der Waals surface area contributed by atoms with Gasteiger partial charge in [0.05, 0.1) is 13.7 Å². The molecule has 126 valence electrons. The van der Waals surface area contributed by atoms with Gasteiger partial charge in [0, 0.05) is 37.3 Å². The van der Waals surface area contributed by atoms with Crippen molar-refractivity contribution in [1.29, 1.82) is 0 Å². The number of hydrogen-bond acceptors (Lipinski definition) is 7. The fourth-order valence-electron chi connectivity index (χ4n) is 2.81. The van der Waals surface area contributed by atoms with Crippen molar-refractivity contribution in [2.45, 2.75) is 31.3 Å². The number of carbonyl (C=O) groups excluding carboxylic acids is 1. The van der Waals surface area contributed by atoms with Gasteiger partial charge in [0.15, 0.2) is 5.69 Å². The Morgan fingerprint density at radius 3 is 2.79 bits per heavy atom. The summed E-state index contributed by atoms with van der Waals surface area (Å²) >= 11 is 0. The summed E-state index contributed by atoms with van der Waals surface area (Å²) < 4.78 is 16.2. The van der Waals surface area contributed by atoms with Gasteiger partial charge in [-0.25, -0.2) is 9.97 Å². The number of rotatable bonds is 5. The molecule has 0 spiro atoms. The molecule has 2 fully saturated rings. The number of methoxy groups -OCH3 is 1. The number of amides is 1. The van der Waals surface area contributed by atoms with Gasteiger partial charge in [0.25, 0.3) is 17.7 Å². The Morgan fingerprint density at radius 1 is 1.25 bits per heavy atom. The summed E-state index contributed by atoms with van der Waals surface area (Å²) in [6.45, 7) is 1.09. The van der Waals surface area contributed by atoms with Crippen molar-refractivity contribution in [2.75, 3.05) is 20.2 Å². The summed E-state index contributed by atoms with van der Waals surface area (Å²) in [4.78, 5) is 22.4. The average Bonchev–Trinajstić information content (AvgIpc) is 3.16. The van der Waals surface area contributed by atoms with Crippen LogP contribution in [0, 0.1) is 0 Å². The normalized spacial score (nSPS) is 20.2. The van der Waals surface area contributed by atoms with Crippen molar-refractivity contribution in [1.82, 2.24) is 20.0 Å². The summed E-state index contributed by atoms with van der Waals surface area (Å²) in [7, 11) is 1.52. The fraction of sp³-hybridized carbons (Fsp3) is 0.500. The van der Waals surface area contributed by atoms with E-state index in [1.54, 1.807) is 17.2 Å². The molecule has 1 amide bonds. The van der Waals surface area contributed by atoms with E-state index in [-0.39, 0.29) is 12.0 Å². The smallest absolute Gasteiger partial charge is 0.278 e. The molecule has 8 heteroatoms. The molecule has 0 N–H and O–H groups in total. The SMILES string of the molecule is COc1nccnc1O[C@H]1CCN(C(=O)c2cc(C3CC3)on2)C1. The third-order valence-electron chi connectivity index (χ3n) is 4.26. The molecule has 2 aromatic heterocycles. The first-order valence-corrected chi connectivity index (χ1v) is 8.02. The minimum atomic E-state index is -0.144. The van der Waals surface area contributed by atoms with E-state index in [1.807, 2.05) is 0 Å². The van der Waals surface area contributed by atoms with Crippen molar-refractivity contribution in [3.05, 3.63) is 29.9 Å². The molecule has 0 bridgehead atoms. The van der Waals surface area contributed by atoms with E-state index in [9.17, 15) is 4.79 Å². The summed E-state index contributed by atoms with van der Waals surface area (Å²) in [6.07, 6.45) is 5.89. The van der Waals surface area contributed by atoms with Gasteiger partial charge < -0.3 is 18.9 Å². The van der Waals surface area contributed by atoms with Crippen LogP contribution in [0.2, 0.25) is 0 Å². The molecule has 1 saturated heterocycles. The highest BCUT2D eigenvalue weighted by Crippen LogP contribution is 2.40. The van der Waals surface area contributed by atoms with Crippen LogP contribution in [0.25, 0.3) is 0 Å². The highest BCUT2D eigenvalue weighted by atomic mass is 16.5. The van der Waals surface area contributed by atoms with Crippen LogP contribution < -0.4 is 9.47 Å². The molecule has 1 atom stereocenters. The van der Waals surface area contributed by atoms with Gasteiger partial charge in [-0.2, -0.15) is 0 Å². The van der Waals surface area contributed by atoms with Crippen molar-refractivity contribution in [3.63, 3.8) is 0 Å². The minimum absolute atomic E-state index is 0.122. The van der Waals surface area contributed by atoms with Gasteiger partial charge in [-0.1, -0.05) is 5.16 Å². The van der Waals surface area contributed by atoms with E-state index in [0.717, 1.165) is 25.0 Å². The Bertz CT molecular complexity index is 743. The quantitative estimate of drug-likeness (QED) is 0.823. The lowest BCUT2D eigenvalue weighted by molar-refractivity contribution is 0.0760. The highest BCUT2D eigenvalue weighted by Gasteiger charge is 2.33. The van der Waals surface area contributed by atoms with Gasteiger partial charge in [-0.15, -0.1) is 0 Å². The van der Waals surface area contributed by atoms with Crippen LogP contribution in [0.3, 0.4) is 0 Å². The van der Waals surface area contributed by atoms with Gasteiger partial charge in [-0.3, -0.25) is 4.79 Å². The molecule has 4 rings (SSSR count). The molecule has 0 aromatic carbocycles. The predicted molar refractivity (Wildman–Crippen MR) is 82.0 cm³/mol. The predicted octanol–water partition coefficient (Wildman–Crippen LogP) is 1.64. The van der Waals surface area contributed by atoms with E-state index < -0.39 is 0 Å². The zero-order valence-electron chi connectivity index (χ0n) is 13.3. The Morgan fingerprint density at radius 2 is 2.04 bits per heavy atom. The van der Waals surface area contributed by atoms with Crippen molar-refractivity contribution in [3.8, 4) is 11.8 Å². The van der Waals surface area contributed by atoms with E-state index in [2.05, 4.69) is 15.1 Å². The Kier molecular flexibility index (Phi) is 3.79. The molecule has 0 radical (unpaired) electrons. The monoisotopic (exact) mass is 330 g/mol. The van der Waals surface area contributed by atoms with E-state index >= 15 is 0 Å². The maximum atomic E-state index is 12.5. The van der Waals surface area contributed by atoms with Gasteiger partial charge >= 0.3 is 0 Å². The molecule has 24 heavy (non-hydrogen) atoms. The maximum Gasteiger partial charge on any atom is 0.278 e. The Hall–Kier alpha value is -2.64. The lowest BCUT2D eigenvalue weighted by atomic mass is 10.2. The van der Waals surface area contributed by atoms with Gasteiger partial charge in [0.1, 0.15) is 11.9 Å². The lowest BCUT2D eigenvalue weighted by Crippen LogP contribution is -2.31. The third-order valence-corrected chi connectivity index (χ3v) is 4.26. The molecular weight excluding hydrogens is 312 g/mol. The second kappa shape index (κ2) is 6.10. The van der Waals surface area contributed by atoms with Crippen LogP contribution in [0.1, 0.15) is 41.4 Å². The molecule has 8 nitrogen and oxygen atoms in total. The Balaban J connectivity index is 1.39. The molecule has 0 unspecified atom stereocenters. The largest absolute Gasteiger partial charge is 0.477 e. The highest BCUT2D eigenvalue weighted by molar-refractivity contribution is 5.92. The van der Waals surface area contributed by atoms with Crippen molar-refractivity contribution >= 4 is 5.91 Å². The van der Waals surface area contributed by atoms with Crippen molar-refractivity contribution in [2.24, 2.45) is 0 Å². The molecule has 1 aliphatic carbocycles. The molecule has 3 heterocycles. The molecule has 1 saturated carbocycles. The van der Waals surface area contributed by atoms with E-state index in [1.165, 1.54) is 13.3 Å². The summed E-state index contributed by atoms with van der Waals surface area (Å²) in [5.74, 6) is 1.82. The first-order valence-electron chi connectivity index (χ1n) is 8.02. The second-order valence-corrected chi connectivity index (χ2v) is 6.04. The standard InChI is InChI=1S/C16H18N4O4/c1-22-14-15(18-6-5-17-14)23-11-4-7-20(9-11)16(21)12-8-13(24-19-12)10-2-3-10/h5-6,8,10-11H,2-4,7,9H2,1H3/t11-/m0/s1. The van der Waals surface area contributed by atoms with Crippen LogP contribution in [0.4, 0.5) is 0 Å². The lowest BCUT2D eigenvalue weighted by Gasteiger charge is -2.16. The topological polar surface area (TPSA) is 90.6 Å². The van der Waals surface area contributed by atoms with Gasteiger partial charge in [0.2, 0.25) is 0 Å². The van der Waals surface area contributed by atoms with Crippen LogP contribution >= 0.6 is 0 Å². The second-order valence-electron chi connectivity index (χ2n) is 6.04. The van der Waals surface area contributed by atoms with Gasteiger partial charge in [-0.05, 0) is 12.8 Å².